The van der Waals surface area contributed by atoms with E-state index in [1.165, 1.54) is 33.3 Å². The average Bonchev–Trinajstić information content (AvgIpc) is 3.39. The summed E-state index contributed by atoms with van der Waals surface area (Å²) < 4.78 is 28.2. The van der Waals surface area contributed by atoms with E-state index in [9.17, 15) is 13.2 Å². The number of carbonyl (C=O) groups excluding carboxylic acids is 1. The Hall–Kier alpha value is -2.59. The maximum Gasteiger partial charge on any atom is 0.256 e. The van der Waals surface area contributed by atoms with Crippen LogP contribution in [-0.4, -0.2) is 37.2 Å². The standard InChI is InChI=1S/C28H31N3O3S3/c1-3-4-18-31(2)37(33,34)20-16-14-19(15-17-20)26(32)30-28-25(21-10-6-5-7-12-23(21)35-28)27-29-22-11-8-9-13-24(22)36-27/h8-9,11,13-17H,3-7,10,12,18H2,1-2H3,(H,30,32). The van der Waals surface area contributed by atoms with Crippen LogP contribution in [0.1, 0.15) is 59.8 Å². The van der Waals surface area contributed by atoms with Gasteiger partial charge >= 0.3 is 0 Å². The van der Waals surface area contributed by atoms with Gasteiger partial charge in [0, 0.05) is 29.6 Å². The molecule has 0 radical (unpaired) electrons. The van der Waals surface area contributed by atoms with Crippen LogP contribution in [0, 0.1) is 0 Å². The number of thiazole rings is 1. The van der Waals surface area contributed by atoms with Gasteiger partial charge in [0.2, 0.25) is 10.0 Å². The van der Waals surface area contributed by atoms with Crippen LogP contribution in [0.5, 0.6) is 0 Å². The molecule has 1 N–H and O–H groups in total. The van der Waals surface area contributed by atoms with Crippen molar-refractivity contribution in [2.45, 2.75) is 56.8 Å². The van der Waals surface area contributed by atoms with Crippen LogP contribution in [-0.2, 0) is 22.9 Å². The first kappa shape index (κ1) is 26.0. The Bertz CT molecular complexity index is 1490. The molecule has 9 heteroatoms. The summed E-state index contributed by atoms with van der Waals surface area (Å²) in [5.74, 6) is -0.248. The summed E-state index contributed by atoms with van der Waals surface area (Å²) in [4.78, 5) is 19.7. The van der Waals surface area contributed by atoms with Gasteiger partial charge in [0.1, 0.15) is 10.0 Å². The summed E-state index contributed by atoms with van der Waals surface area (Å²) in [5, 5.41) is 4.91. The zero-order valence-electron chi connectivity index (χ0n) is 21.1. The van der Waals surface area contributed by atoms with Crippen molar-refractivity contribution >= 4 is 53.8 Å². The topological polar surface area (TPSA) is 79.4 Å². The third kappa shape index (κ3) is 5.36. The van der Waals surface area contributed by atoms with Gasteiger partial charge in [0.25, 0.3) is 5.91 Å². The number of anilines is 1. The summed E-state index contributed by atoms with van der Waals surface area (Å²) >= 11 is 3.31. The molecule has 2 aromatic heterocycles. The van der Waals surface area contributed by atoms with Crippen molar-refractivity contribution in [2.24, 2.45) is 0 Å². The number of hydrogen-bond acceptors (Lipinski definition) is 6. The summed E-state index contributed by atoms with van der Waals surface area (Å²) in [7, 11) is -1.98. The van der Waals surface area contributed by atoms with Gasteiger partial charge in [-0.2, -0.15) is 0 Å². The summed E-state index contributed by atoms with van der Waals surface area (Å²) in [6.07, 6.45) is 7.24. The van der Waals surface area contributed by atoms with E-state index in [4.69, 9.17) is 4.98 Å². The molecule has 0 unspecified atom stereocenters. The van der Waals surface area contributed by atoms with Crippen molar-refractivity contribution in [2.75, 3.05) is 18.9 Å². The van der Waals surface area contributed by atoms with E-state index in [-0.39, 0.29) is 10.8 Å². The molecule has 0 fully saturated rings. The van der Waals surface area contributed by atoms with E-state index in [1.807, 2.05) is 25.1 Å². The van der Waals surface area contributed by atoms with Crippen molar-refractivity contribution in [1.82, 2.24) is 9.29 Å². The molecular formula is C28H31N3O3S3. The lowest BCUT2D eigenvalue weighted by atomic mass is 10.1. The van der Waals surface area contributed by atoms with E-state index in [2.05, 4.69) is 11.4 Å². The fraction of sp³-hybridized carbons (Fsp3) is 0.357. The number of benzene rings is 2. The van der Waals surface area contributed by atoms with Crippen molar-refractivity contribution < 1.29 is 13.2 Å². The summed E-state index contributed by atoms with van der Waals surface area (Å²) in [5.41, 5.74) is 3.75. The minimum absolute atomic E-state index is 0.195. The van der Waals surface area contributed by atoms with Crippen molar-refractivity contribution in [3.8, 4) is 10.6 Å². The molecule has 4 aromatic rings. The van der Waals surface area contributed by atoms with Crippen LogP contribution in [0.25, 0.3) is 20.8 Å². The number of aryl methyl sites for hydroxylation is 1. The van der Waals surface area contributed by atoms with Gasteiger partial charge in [-0.05, 0) is 74.1 Å². The molecular weight excluding hydrogens is 523 g/mol. The molecule has 0 aliphatic heterocycles. The molecule has 0 saturated carbocycles. The predicted octanol–water partition coefficient (Wildman–Crippen LogP) is 6.97. The number of hydrogen-bond donors (Lipinski definition) is 1. The first-order chi connectivity index (χ1) is 17.9. The Labute approximate surface area is 226 Å². The van der Waals surface area contributed by atoms with Gasteiger partial charge in [-0.15, -0.1) is 22.7 Å². The number of aromatic nitrogens is 1. The summed E-state index contributed by atoms with van der Waals surface area (Å²) in [6.45, 7) is 2.50. The third-order valence-corrected chi connectivity index (χ3v) is 10.9. The van der Waals surface area contributed by atoms with E-state index >= 15 is 0 Å². The van der Waals surface area contributed by atoms with Crippen LogP contribution < -0.4 is 5.32 Å². The number of fused-ring (bicyclic) bond motifs is 2. The highest BCUT2D eigenvalue weighted by atomic mass is 32.2. The molecule has 1 amide bonds. The van der Waals surface area contributed by atoms with Crippen LogP contribution in [0.15, 0.2) is 53.4 Å². The second kappa shape index (κ2) is 11.0. The van der Waals surface area contributed by atoms with Crippen molar-refractivity contribution in [1.29, 1.82) is 0 Å². The molecule has 0 bridgehead atoms. The lowest BCUT2D eigenvalue weighted by molar-refractivity contribution is 0.102. The number of rotatable bonds is 8. The van der Waals surface area contributed by atoms with Crippen LogP contribution in [0.2, 0.25) is 0 Å². The van der Waals surface area contributed by atoms with Crippen LogP contribution in [0.4, 0.5) is 5.00 Å². The van der Waals surface area contributed by atoms with E-state index in [1.54, 1.807) is 41.9 Å². The molecule has 0 saturated heterocycles. The SMILES string of the molecule is CCCCN(C)S(=O)(=O)c1ccc(C(=O)Nc2sc3c(c2-c2nc4ccccc4s2)CCCCC3)cc1. The lowest BCUT2D eigenvalue weighted by Gasteiger charge is -2.17. The molecule has 1 aliphatic carbocycles. The Balaban J connectivity index is 1.44. The second-order valence-corrected chi connectivity index (χ2v) is 13.6. The highest BCUT2D eigenvalue weighted by Gasteiger charge is 2.25. The highest BCUT2D eigenvalue weighted by molar-refractivity contribution is 7.89. The number of nitrogens with one attached hydrogen (secondary N) is 1. The highest BCUT2D eigenvalue weighted by Crippen LogP contribution is 2.46. The second-order valence-electron chi connectivity index (χ2n) is 9.41. The number of sulfonamides is 1. The monoisotopic (exact) mass is 553 g/mol. The minimum atomic E-state index is -3.58. The van der Waals surface area contributed by atoms with E-state index in [0.717, 1.165) is 64.3 Å². The van der Waals surface area contributed by atoms with Crippen LogP contribution in [0.3, 0.4) is 0 Å². The molecule has 6 nitrogen and oxygen atoms in total. The Morgan fingerprint density at radius 1 is 1.03 bits per heavy atom. The predicted molar refractivity (Wildman–Crippen MR) is 153 cm³/mol. The Morgan fingerprint density at radius 3 is 2.54 bits per heavy atom. The maximum atomic E-state index is 13.3. The molecule has 194 valence electrons. The lowest BCUT2D eigenvalue weighted by Crippen LogP contribution is -2.28. The largest absolute Gasteiger partial charge is 0.313 e. The third-order valence-electron chi connectivity index (χ3n) is 6.81. The van der Waals surface area contributed by atoms with Gasteiger partial charge < -0.3 is 5.32 Å². The smallest absolute Gasteiger partial charge is 0.256 e. The van der Waals surface area contributed by atoms with Crippen molar-refractivity contribution in [3.63, 3.8) is 0 Å². The van der Waals surface area contributed by atoms with E-state index < -0.39 is 10.0 Å². The fourth-order valence-corrected chi connectivity index (χ4v) is 8.27. The van der Waals surface area contributed by atoms with Gasteiger partial charge in [0.05, 0.1) is 15.1 Å². The number of para-hydroxylation sites is 1. The van der Waals surface area contributed by atoms with Gasteiger partial charge in [0.15, 0.2) is 0 Å². The number of unbranched alkanes of at least 4 members (excludes halogenated alkanes) is 1. The number of nitrogens with zero attached hydrogens (tertiary/aromatic N) is 2. The van der Waals surface area contributed by atoms with Gasteiger partial charge in [-0.25, -0.2) is 17.7 Å². The number of carbonyl (C=O) groups is 1. The zero-order chi connectivity index (χ0) is 26.0. The number of thiophene rings is 1. The number of amides is 1. The molecule has 5 rings (SSSR count). The molecule has 0 spiro atoms. The molecule has 0 atom stereocenters. The van der Waals surface area contributed by atoms with Gasteiger partial charge in [-0.1, -0.05) is 31.9 Å². The molecule has 1 aliphatic rings. The maximum absolute atomic E-state index is 13.3. The molecule has 2 aromatic carbocycles. The Morgan fingerprint density at radius 2 is 1.78 bits per heavy atom. The minimum Gasteiger partial charge on any atom is -0.313 e. The summed E-state index contributed by atoms with van der Waals surface area (Å²) in [6, 6.07) is 14.3. The van der Waals surface area contributed by atoms with Crippen LogP contribution >= 0.6 is 22.7 Å². The zero-order valence-corrected chi connectivity index (χ0v) is 23.6. The molecule has 2 heterocycles. The molecule has 37 heavy (non-hydrogen) atoms. The average molecular weight is 554 g/mol. The van der Waals surface area contributed by atoms with E-state index in [0.29, 0.717) is 12.1 Å². The normalized spacial score (nSPS) is 14.0. The fourth-order valence-electron chi connectivity index (χ4n) is 4.67. The first-order valence-corrected chi connectivity index (χ1v) is 15.8. The van der Waals surface area contributed by atoms with Gasteiger partial charge in [-0.3, -0.25) is 4.79 Å². The van der Waals surface area contributed by atoms with Crippen molar-refractivity contribution in [3.05, 3.63) is 64.5 Å². The Kier molecular flexibility index (Phi) is 7.76. The quantitative estimate of drug-likeness (QED) is 0.239. The first-order valence-electron chi connectivity index (χ1n) is 12.8.